The summed E-state index contributed by atoms with van der Waals surface area (Å²) in [6.07, 6.45) is 0. The fourth-order valence-electron chi connectivity index (χ4n) is 2.94. The van der Waals surface area contributed by atoms with Crippen LogP contribution in [0.3, 0.4) is 0 Å². The average Bonchev–Trinajstić information content (AvgIpc) is 2.65. The molecule has 0 aliphatic carbocycles. The molecule has 26 heavy (non-hydrogen) atoms. The summed E-state index contributed by atoms with van der Waals surface area (Å²) in [4.78, 5) is 10.7. The Balaban J connectivity index is 1.62. The van der Waals surface area contributed by atoms with E-state index in [1.54, 1.807) is 0 Å². The van der Waals surface area contributed by atoms with Gasteiger partial charge in [-0.25, -0.2) is 0 Å². The average molecular weight is 416 g/mol. The normalized spacial score (nSPS) is 13.1. The number of hydrogen-bond donors (Lipinski definition) is 0. The van der Waals surface area contributed by atoms with Crippen LogP contribution >= 0.6 is 15.9 Å². The molecule has 1 heterocycles. The lowest BCUT2D eigenvalue weighted by atomic mass is 10.1. The molecule has 4 rings (SSSR count). The third-order valence-electron chi connectivity index (χ3n) is 4.15. The van der Waals surface area contributed by atoms with Gasteiger partial charge in [0.15, 0.2) is 6.79 Å². The van der Waals surface area contributed by atoms with Crippen LogP contribution in [0.1, 0.15) is 11.1 Å². The van der Waals surface area contributed by atoms with Crippen LogP contribution in [0.4, 0.5) is 5.69 Å². The topological polar surface area (TPSA) is 70.8 Å². The Morgan fingerprint density at radius 3 is 2.77 bits per heavy atom. The molecule has 0 saturated heterocycles. The maximum Gasteiger partial charge on any atom is 0.270 e. The van der Waals surface area contributed by atoms with Crippen LogP contribution in [0.15, 0.2) is 53.0 Å². The van der Waals surface area contributed by atoms with Crippen molar-refractivity contribution >= 4 is 32.4 Å². The van der Waals surface area contributed by atoms with Crippen molar-refractivity contribution in [2.24, 2.45) is 0 Å². The molecule has 0 fully saturated rings. The van der Waals surface area contributed by atoms with E-state index < -0.39 is 4.92 Å². The van der Waals surface area contributed by atoms with Gasteiger partial charge in [0.25, 0.3) is 5.69 Å². The van der Waals surface area contributed by atoms with Gasteiger partial charge in [0.1, 0.15) is 18.1 Å². The Hall–Kier alpha value is -2.64. The van der Waals surface area contributed by atoms with Crippen molar-refractivity contribution in [3.05, 3.63) is 74.2 Å². The van der Waals surface area contributed by atoms with Crippen molar-refractivity contribution in [1.82, 2.24) is 0 Å². The molecule has 1 aliphatic heterocycles. The van der Waals surface area contributed by atoms with E-state index in [1.165, 1.54) is 12.1 Å². The van der Waals surface area contributed by atoms with E-state index in [-0.39, 0.29) is 25.7 Å². The van der Waals surface area contributed by atoms with Gasteiger partial charge in [-0.15, -0.1) is 0 Å². The molecule has 0 radical (unpaired) electrons. The van der Waals surface area contributed by atoms with Crippen LogP contribution in [0.5, 0.6) is 11.5 Å². The minimum atomic E-state index is -0.424. The fraction of sp³-hybridized carbons (Fsp3) is 0.158. The van der Waals surface area contributed by atoms with Gasteiger partial charge < -0.3 is 14.2 Å². The summed E-state index contributed by atoms with van der Waals surface area (Å²) < 4.78 is 17.6. The standard InChI is InChI=1S/C19H14BrNO5/c20-16-3-1-13-8-18(4-2-12(13)5-16)25-10-15-7-17(21(22)23)6-14-9-24-11-26-19(14)15/h1-8H,9-11H2. The SMILES string of the molecule is O=[N+]([O-])c1cc2c(c(COc3ccc4cc(Br)ccc4c3)c1)OCOC2. The Labute approximate surface area is 157 Å². The summed E-state index contributed by atoms with van der Waals surface area (Å²) in [6, 6.07) is 14.8. The monoisotopic (exact) mass is 415 g/mol. The lowest BCUT2D eigenvalue weighted by Gasteiger charge is -2.20. The maximum atomic E-state index is 11.2. The lowest BCUT2D eigenvalue weighted by molar-refractivity contribution is -0.385. The second-order valence-electron chi connectivity index (χ2n) is 5.90. The molecule has 0 N–H and O–H groups in total. The number of halogens is 1. The first kappa shape index (κ1) is 16.8. The molecule has 6 nitrogen and oxygen atoms in total. The lowest BCUT2D eigenvalue weighted by Crippen LogP contribution is -2.14. The van der Waals surface area contributed by atoms with Crippen molar-refractivity contribution in [2.45, 2.75) is 13.2 Å². The van der Waals surface area contributed by atoms with Crippen molar-refractivity contribution in [2.75, 3.05) is 6.79 Å². The first-order chi connectivity index (χ1) is 12.6. The second kappa shape index (κ2) is 6.93. The molecular weight excluding hydrogens is 402 g/mol. The minimum absolute atomic E-state index is 0.000174. The van der Waals surface area contributed by atoms with E-state index in [0.717, 1.165) is 15.2 Å². The molecule has 0 unspecified atom stereocenters. The Morgan fingerprint density at radius 2 is 1.92 bits per heavy atom. The molecule has 3 aromatic carbocycles. The largest absolute Gasteiger partial charge is 0.489 e. The smallest absolute Gasteiger partial charge is 0.270 e. The molecule has 1 aliphatic rings. The number of hydrogen-bond acceptors (Lipinski definition) is 5. The zero-order chi connectivity index (χ0) is 18.1. The number of rotatable bonds is 4. The molecule has 7 heteroatoms. The number of benzene rings is 3. The van der Waals surface area contributed by atoms with Crippen LogP contribution in [0, 0.1) is 10.1 Å². The third kappa shape index (κ3) is 3.36. The summed E-state index contributed by atoms with van der Waals surface area (Å²) in [6.45, 7) is 0.587. The predicted molar refractivity (Wildman–Crippen MR) is 99.4 cm³/mol. The van der Waals surface area contributed by atoms with Gasteiger partial charge in [0.2, 0.25) is 0 Å². The number of fused-ring (bicyclic) bond motifs is 2. The van der Waals surface area contributed by atoms with Crippen LogP contribution in [0.25, 0.3) is 10.8 Å². The Bertz CT molecular complexity index is 1000. The molecule has 0 spiro atoms. The zero-order valence-electron chi connectivity index (χ0n) is 13.6. The van der Waals surface area contributed by atoms with Gasteiger partial charge >= 0.3 is 0 Å². The quantitative estimate of drug-likeness (QED) is 0.444. The number of nitrogens with zero attached hydrogens (tertiary/aromatic N) is 1. The summed E-state index contributed by atoms with van der Waals surface area (Å²) in [5, 5.41) is 13.3. The van der Waals surface area contributed by atoms with Crippen molar-refractivity contribution in [1.29, 1.82) is 0 Å². The number of nitro benzene ring substituents is 1. The first-order valence-electron chi connectivity index (χ1n) is 7.93. The summed E-state index contributed by atoms with van der Waals surface area (Å²) in [5.41, 5.74) is 1.29. The third-order valence-corrected chi connectivity index (χ3v) is 4.64. The van der Waals surface area contributed by atoms with Crippen LogP contribution in [-0.2, 0) is 18.0 Å². The van der Waals surface area contributed by atoms with Gasteiger partial charge in [-0.1, -0.05) is 28.1 Å². The molecule has 0 atom stereocenters. The van der Waals surface area contributed by atoms with Crippen molar-refractivity contribution in [3.63, 3.8) is 0 Å². The highest BCUT2D eigenvalue weighted by molar-refractivity contribution is 9.10. The molecule has 0 saturated carbocycles. The fourth-order valence-corrected chi connectivity index (χ4v) is 3.32. The van der Waals surface area contributed by atoms with E-state index in [9.17, 15) is 10.1 Å². The van der Waals surface area contributed by atoms with E-state index >= 15 is 0 Å². The molecule has 0 bridgehead atoms. The second-order valence-corrected chi connectivity index (χ2v) is 6.82. The van der Waals surface area contributed by atoms with Gasteiger partial charge in [-0.2, -0.15) is 0 Å². The van der Waals surface area contributed by atoms with E-state index in [0.29, 0.717) is 22.6 Å². The highest BCUT2D eigenvalue weighted by Gasteiger charge is 2.21. The van der Waals surface area contributed by atoms with Crippen LogP contribution in [-0.4, -0.2) is 11.7 Å². The van der Waals surface area contributed by atoms with Crippen molar-refractivity contribution < 1.29 is 19.1 Å². The Kier molecular flexibility index (Phi) is 4.48. The summed E-state index contributed by atoms with van der Waals surface area (Å²) in [7, 11) is 0. The maximum absolute atomic E-state index is 11.2. The van der Waals surface area contributed by atoms with E-state index in [1.807, 2.05) is 36.4 Å². The molecule has 0 aromatic heterocycles. The minimum Gasteiger partial charge on any atom is -0.489 e. The van der Waals surface area contributed by atoms with Gasteiger partial charge in [0, 0.05) is 27.7 Å². The first-order valence-corrected chi connectivity index (χ1v) is 8.72. The molecule has 0 amide bonds. The number of non-ortho nitro benzene ring substituents is 1. The molecule has 132 valence electrons. The highest BCUT2D eigenvalue weighted by atomic mass is 79.9. The van der Waals surface area contributed by atoms with Crippen LogP contribution < -0.4 is 9.47 Å². The Morgan fingerprint density at radius 1 is 1.12 bits per heavy atom. The molecular formula is C19H14BrNO5. The number of ether oxygens (including phenoxy) is 3. The highest BCUT2D eigenvalue weighted by Crippen LogP contribution is 2.33. The zero-order valence-corrected chi connectivity index (χ0v) is 15.2. The van der Waals surface area contributed by atoms with Gasteiger partial charge in [0.05, 0.1) is 11.5 Å². The van der Waals surface area contributed by atoms with Crippen LogP contribution in [0.2, 0.25) is 0 Å². The van der Waals surface area contributed by atoms with E-state index in [4.69, 9.17) is 14.2 Å². The summed E-state index contributed by atoms with van der Waals surface area (Å²) in [5.74, 6) is 1.29. The van der Waals surface area contributed by atoms with Gasteiger partial charge in [-0.3, -0.25) is 10.1 Å². The van der Waals surface area contributed by atoms with Gasteiger partial charge in [-0.05, 0) is 35.0 Å². The predicted octanol–water partition coefficient (Wildman–Crippen LogP) is 4.96. The number of nitro groups is 1. The molecule has 3 aromatic rings. The van der Waals surface area contributed by atoms with Crippen molar-refractivity contribution in [3.8, 4) is 11.5 Å². The van der Waals surface area contributed by atoms with E-state index in [2.05, 4.69) is 15.9 Å². The summed E-state index contributed by atoms with van der Waals surface area (Å²) >= 11 is 3.46.